The van der Waals surface area contributed by atoms with Crippen LogP contribution in [0.1, 0.15) is 35.6 Å². The second-order valence-corrected chi connectivity index (χ2v) is 6.27. The quantitative estimate of drug-likeness (QED) is 0.846. The third kappa shape index (κ3) is 3.44. The van der Waals surface area contributed by atoms with Crippen molar-refractivity contribution in [2.24, 2.45) is 0 Å². The normalized spacial score (nSPS) is 16.5. The molecule has 5 heteroatoms. The van der Waals surface area contributed by atoms with Gasteiger partial charge in [-0.1, -0.05) is 54.1 Å². The molecule has 1 aliphatic rings. The van der Waals surface area contributed by atoms with E-state index in [9.17, 15) is 9.59 Å². The van der Waals surface area contributed by atoms with Gasteiger partial charge in [0.25, 0.3) is 0 Å². The Morgan fingerprint density at radius 1 is 1.21 bits per heavy atom. The Morgan fingerprint density at radius 3 is 2.67 bits per heavy atom. The summed E-state index contributed by atoms with van der Waals surface area (Å²) in [6.45, 7) is 1.55. The maximum Gasteiger partial charge on any atom is 0.313 e. The van der Waals surface area contributed by atoms with E-state index in [2.05, 4.69) is 5.32 Å². The number of halogens is 1. The molecule has 0 aromatic heterocycles. The van der Waals surface area contributed by atoms with Crippen LogP contribution >= 0.6 is 11.6 Å². The molecule has 1 aliphatic carbocycles. The summed E-state index contributed by atoms with van der Waals surface area (Å²) in [4.78, 5) is 23.8. The molecule has 124 valence electrons. The van der Waals surface area contributed by atoms with E-state index < -0.39 is 0 Å². The van der Waals surface area contributed by atoms with Gasteiger partial charge in [-0.15, -0.1) is 0 Å². The minimum Gasteiger partial charge on any atom is -0.463 e. The van der Waals surface area contributed by atoms with Gasteiger partial charge < -0.3 is 10.1 Å². The molecule has 0 saturated carbocycles. The van der Waals surface area contributed by atoms with Crippen LogP contribution in [0.5, 0.6) is 0 Å². The molecule has 2 aromatic rings. The number of esters is 1. The molecule has 0 bridgehead atoms. The molecular weight excluding hydrogens is 326 g/mol. The SMILES string of the molecule is CC(=O)NC(COC(=O)C1Cc2c(Cl)cccc21)c1ccccc1. The van der Waals surface area contributed by atoms with Crippen molar-refractivity contribution >= 4 is 23.5 Å². The van der Waals surface area contributed by atoms with Crippen molar-refractivity contribution in [2.75, 3.05) is 6.61 Å². The summed E-state index contributed by atoms with van der Waals surface area (Å²) in [5, 5.41) is 3.51. The van der Waals surface area contributed by atoms with Gasteiger partial charge in [0.1, 0.15) is 6.61 Å². The van der Waals surface area contributed by atoms with E-state index in [1.807, 2.05) is 48.5 Å². The number of hydrogen-bond acceptors (Lipinski definition) is 3. The van der Waals surface area contributed by atoms with Crippen LogP contribution in [0.4, 0.5) is 0 Å². The van der Waals surface area contributed by atoms with E-state index in [0.717, 1.165) is 16.7 Å². The number of rotatable bonds is 5. The second kappa shape index (κ2) is 7.05. The molecule has 0 saturated heterocycles. The van der Waals surface area contributed by atoms with Gasteiger partial charge in [-0.05, 0) is 29.2 Å². The van der Waals surface area contributed by atoms with Gasteiger partial charge >= 0.3 is 5.97 Å². The molecule has 0 heterocycles. The monoisotopic (exact) mass is 343 g/mol. The van der Waals surface area contributed by atoms with Crippen LogP contribution in [0.25, 0.3) is 0 Å². The molecule has 0 fully saturated rings. The molecule has 2 atom stereocenters. The molecular formula is C19H18ClNO3. The third-order valence-corrected chi connectivity index (χ3v) is 4.55. The van der Waals surface area contributed by atoms with Crippen molar-refractivity contribution in [3.05, 3.63) is 70.2 Å². The Balaban J connectivity index is 1.65. The van der Waals surface area contributed by atoms with Gasteiger partial charge in [0.05, 0.1) is 12.0 Å². The molecule has 4 nitrogen and oxygen atoms in total. The van der Waals surface area contributed by atoms with Gasteiger partial charge in [0, 0.05) is 11.9 Å². The van der Waals surface area contributed by atoms with Crippen molar-refractivity contribution in [1.29, 1.82) is 0 Å². The fraction of sp³-hybridized carbons (Fsp3) is 0.263. The Hall–Kier alpha value is -2.33. The maximum absolute atomic E-state index is 12.3. The number of benzene rings is 2. The van der Waals surface area contributed by atoms with Crippen LogP contribution in [-0.4, -0.2) is 18.5 Å². The Morgan fingerprint density at radius 2 is 1.96 bits per heavy atom. The zero-order valence-corrected chi connectivity index (χ0v) is 14.0. The van der Waals surface area contributed by atoms with Crippen molar-refractivity contribution in [3.63, 3.8) is 0 Å². The fourth-order valence-electron chi connectivity index (χ4n) is 2.93. The smallest absolute Gasteiger partial charge is 0.313 e. The minimum absolute atomic E-state index is 0.106. The first kappa shape index (κ1) is 16.5. The van der Waals surface area contributed by atoms with E-state index >= 15 is 0 Å². The summed E-state index contributed by atoms with van der Waals surface area (Å²) in [5.74, 6) is -0.718. The molecule has 2 unspecified atom stereocenters. The van der Waals surface area contributed by atoms with Crippen LogP contribution in [0.15, 0.2) is 48.5 Å². The summed E-state index contributed by atoms with van der Waals surface area (Å²) in [6.07, 6.45) is 0.601. The van der Waals surface area contributed by atoms with Crippen molar-refractivity contribution in [3.8, 4) is 0 Å². The molecule has 2 aromatic carbocycles. The van der Waals surface area contributed by atoms with Gasteiger partial charge in [-0.3, -0.25) is 9.59 Å². The molecule has 0 radical (unpaired) electrons. The van der Waals surface area contributed by atoms with E-state index in [-0.39, 0.29) is 30.4 Å². The van der Waals surface area contributed by atoms with Crippen LogP contribution in [0.2, 0.25) is 5.02 Å². The zero-order valence-electron chi connectivity index (χ0n) is 13.3. The van der Waals surface area contributed by atoms with E-state index in [4.69, 9.17) is 16.3 Å². The predicted octanol–water partition coefficient (Wildman–Crippen LogP) is 3.40. The number of nitrogens with one attached hydrogen (secondary N) is 1. The minimum atomic E-state index is -0.355. The zero-order chi connectivity index (χ0) is 17.1. The largest absolute Gasteiger partial charge is 0.463 e. The number of ether oxygens (including phenoxy) is 1. The second-order valence-electron chi connectivity index (χ2n) is 5.86. The lowest BCUT2D eigenvalue weighted by atomic mass is 9.77. The highest BCUT2D eigenvalue weighted by atomic mass is 35.5. The van der Waals surface area contributed by atoms with Gasteiger partial charge in [0.2, 0.25) is 5.91 Å². The predicted molar refractivity (Wildman–Crippen MR) is 91.9 cm³/mol. The van der Waals surface area contributed by atoms with Crippen molar-refractivity contribution in [1.82, 2.24) is 5.32 Å². The third-order valence-electron chi connectivity index (χ3n) is 4.19. The number of amides is 1. The van der Waals surface area contributed by atoms with Gasteiger partial charge in [-0.2, -0.15) is 0 Å². The highest BCUT2D eigenvalue weighted by molar-refractivity contribution is 6.31. The Kier molecular flexibility index (Phi) is 4.86. The lowest BCUT2D eigenvalue weighted by Gasteiger charge is -2.29. The lowest BCUT2D eigenvalue weighted by Crippen LogP contribution is -2.33. The standard InChI is InChI=1S/C19H18ClNO3/c1-12(22)21-18(13-6-3-2-4-7-13)11-24-19(23)16-10-15-14(16)8-5-9-17(15)20/h2-9,16,18H,10-11H2,1H3,(H,21,22). The van der Waals surface area contributed by atoms with Gasteiger partial charge in [-0.25, -0.2) is 0 Å². The van der Waals surface area contributed by atoms with E-state index in [1.165, 1.54) is 6.92 Å². The Labute approximate surface area is 145 Å². The maximum atomic E-state index is 12.3. The number of carbonyl (C=O) groups excluding carboxylic acids is 2. The Bertz CT molecular complexity index is 760. The average molecular weight is 344 g/mol. The van der Waals surface area contributed by atoms with Crippen molar-refractivity contribution in [2.45, 2.75) is 25.3 Å². The molecule has 1 N–H and O–H groups in total. The highest BCUT2D eigenvalue weighted by Gasteiger charge is 2.35. The fourth-order valence-corrected chi connectivity index (χ4v) is 3.19. The van der Waals surface area contributed by atoms with Crippen LogP contribution in [-0.2, 0) is 20.7 Å². The number of carbonyl (C=O) groups is 2. The van der Waals surface area contributed by atoms with Crippen LogP contribution < -0.4 is 5.32 Å². The summed E-state index contributed by atoms with van der Waals surface area (Å²) in [5.41, 5.74) is 2.85. The first-order valence-electron chi connectivity index (χ1n) is 7.82. The molecule has 24 heavy (non-hydrogen) atoms. The topological polar surface area (TPSA) is 55.4 Å². The molecule has 0 spiro atoms. The van der Waals surface area contributed by atoms with Crippen LogP contribution in [0.3, 0.4) is 0 Å². The first-order chi connectivity index (χ1) is 11.6. The average Bonchev–Trinajstić information content (AvgIpc) is 2.54. The summed E-state index contributed by atoms with van der Waals surface area (Å²) in [6, 6.07) is 14.7. The summed E-state index contributed by atoms with van der Waals surface area (Å²) in [7, 11) is 0. The van der Waals surface area contributed by atoms with Crippen molar-refractivity contribution < 1.29 is 14.3 Å². The summed E-state index contributed by atoms with van der Waals surface area (Å²) < 4.78 is 5.46. The van der Waals surface area contributed by atoms with E-state index in [0.29, 0.717) is 11.4 Å². The lowest BCUT2D eigenvalue weighted by molar-refractivity contribution is -0.147. The number of hydrogen-bond donors (Lipinski definition) is 1. The molecule has 1 amide bonds. The first-order valence-corrected chi connectivity index (χ1v) is 8.20. The highest BCUT2D eigenvalue weighted by Crippen LogP contribution is 2.40. The molecule has 3 rings (SSSR count). The summed E-state index contributed by atoms with van der Waals surface area (Å²) >= 11 is 6.10. The van der Waals surface area contributed by atoms with Crippen LogP contribution in [0, 0.1) is 0 Å². The van der Waals surface area contributed by atoms with E-state index in [1.54, 1.807) is 0 Å². The van der Waals surface area contributed by atoms with Gasteiger partial charge in [0.15, 0.2) is 0 Å². The number of fused-ring (bicyclic) bond motifs is 1. The molecule has 0 aliphatic heterocycles.